The molecule has 0 aliphatic heterocycles. The zero-order valence-corrected chi connectivity index (χ0v) is 16.8. The summed E-state index contributed by atoms with van der Waals surface area (Å²) in [7, 11) is -4.38. The minimum atomic E-state index is -4.38. The molecule has 0 unspecified atom stereocenters. The normalized spacial score (nSPS) is 12.3. The highest BCUT2D eigenvalue weighted by atomic mass is 35.5. The van der Waals surface area contributed by atoms with Gasteiger partial charge in [0, 0.05) is 6.07 Å². The van der Waals surface area contributed by atoms with Crippen molar-refractivity contribution < 1.29 is 23.2 Å². The second kappa shape index (κ2) is 8.69. The van der Waals surface area contributed by atoms with Crippen molar-refractivity contribution in [3.8, 4) is 0 Å². The molecule has 2 aromatic carbocycles. The largest absolute Gasteiger partial charge is 0.480 e. The number of nitrogens with two attached hydrogens (primary N) is 2. The van der Waals surface area contributed by atoms with Gasteiger partial charge in [0.1, 0.15) is 11.7 Å². The predicted molar refractivity (Wildman–Crippen MR) is 109 cm³/mol. The Kier molecular flexibility index (Phi) is 6.74. The van der Waals surface area contributed by atoms with Crippen LogP contribution in [-0.4, -0.2) is 30.5 Å². The lowest BCUT2D eigenvalue weighted by molar-refractivity contribution is -0.384. The van der Waals surface area contributed by atoms with E-state index in [1.54, 1.807) is 0 Å². The van der Waals surface area contributed by atoms with Crippen molar-refractivity contribution >= 4 is 62.1 Å². The van der Waals surface area contributed by atoms with Gasteiger partial charge in [0.25, 0.3) is 15.9 Å². The Bertz CT molecular complexity index is 1060. The molecule has 29 heavy (non-hydrogen) atoms. The summed E-state index contributed by atoms with van der Waals surface area (Å²) in [5.74, 6) is -1.50. The van der Waals surface area contributed by atoms with Gasteiger partial charge in [-0.05, 0) is 30.2 Å². The average Bonchev–Trinajstić information content (AvgIpc) is 2.59. The number of carboxylic acids is 1. The number of aliphatic carboxylic acids is 1. The maximum absolute atomic E-state index is 12.3. The molecule has 0 bridgehead atoms. The molecule has 2 rings (SSSR count). The SMILES string of the molecule is Nc1ccc(C[C@H](NS(=O)(=O)Nc2cc(Cl)c(N)c(Cl)c2)C(=O)O)cc1[N+](=O)[O-]. The molecule has 11 nitrogen and oxygen atoms in total. The van der Waals surface area contributed by atoms with Crippen LogP contribution in [-0.2, 0) is 21.4 Å². The molecule has 0 amide bonds. The summed E-state index contributed by atoms with van der Waals surface area (Å²) >= 11 is 11.7. The number of anilines is 3. The van der Waals surface area contributed by atoms with Gasteiger partial charge in [-0.15, -0.1) is 0 Å². The third-order valence-electron chi connectivity index (χ3n) is 3.66. The van der Waals surface area contributed by atoms with Crippen LogP contribution in [0.15, 0.2) is 30.3 Å². The van der Waals surface area contributed by atoms with Gasteiger partial charge in [0.05, 0.1) is 26.3 Å². The third kappa shape index (κ3) is 5.84. The van der Waals surface area contributed by atoms with Crippen molar-refractivity contribution in [1.29, 1.82) is 0 Å². The number of carboxylic acid groups (broad SMARTS) is 1. The standard InChI is InChI=1S/C15H15Cl2N5O6S/c16-9-5-8(6-10(17)14(9)19)20-29(27,28)21-12(15(23)24)3-7-1-2-11(18)13(4-7)22(25)26/h1-2,4-6,12,20-21H,3,18-19H2,(H,23,24)/t12-/m0/s1. The lowest BCUT2D eigenvalue weighted by Gasteiger charge is -2.16. The Hall–Kier alpha value is -2.80. The Morgan fingerprint density at radius 2 is 1.79 bits per heavy atom. The van der Waals surface area contributed by atoms with Gasteiger partial charge in [0.15, 0.2) is 0 Å². The van der Waals surface area contributed by atoms with Gasteiger partial charge in [-0.2, -0.15) is 13.1 Å². The maximum atomic E-state index is 12.3. The number of nitro groups is 1. The van der Waals surface area contributed by atoms with Gasteiger partial charge in [0.2, 0.25) is 0 Å². The van der Waals surface area contributed by atoms with Gasteiger partial charge in [-0.3, -0.25) is 19.6 Å². The Balaban J connectivity index is 2.23. The van der Waals surface area contributed by atoms with Crippen LogP contribution in [0.2, 0.25) is 10.0 Å². The van der Waals surface area contributed by atoms with Crippen LogP contribution in [0.5, 0.6) is 0 Å². The number of hydrogen-bond acceptors (Lipinski definition) is 7. The monoisotopic (exact) mass is 463 g/mol. The van der Waals surface area contributed by atoms with E-state index in [-0.39, 0.29) is 39.1 Å². The zero-order chi connectivity index (χ0) is 21.9. The summed E-state index contributed by atoms with van der Waals surface area (Å²) < 4.78 is 28.7. The minimum absolute atomic E-state index is 0.000770. The minimum Gasteiger partial charge on any atom is -0.480 e. The van der Waals surface area contributed by atoms with Crippen LogP contribution in [0.4, 0.5) is 22.7 Å². The van der Waals surface area contributed by atoms with Gasteiger partial charge in [-0.25, -0.2) is 0 Å². The van der Waals surface area contributed by atoms with E-state index in [1.807, 2.05) is 4.72 Å². The highest BCUT2D eigenvalue weighted by molar-refractivity contribution is 7.90. The molecule has 0 aliphatic carbocycles. The number of nitrogens with zero attached hydrogens (tertiary/aromatic N) is 1. The van der Waals surface area contributed by atoms with E-state index in [0.717, 1.165) is 6.07 Å². The number of halogens is 2. The lowest BCUT2D eigenvalue weighted by atomic mass is 10.1. The smallest absolute Gasteiger partial charge is 0.322 e. The van der Waals surface area contributed by atoms with Crippen molar-refractivity contribution in [2.75, 3.05) is 16.2 Å². The van der Waals surface area contributed by atoms with E-state index < -0.39 is 32.8 Å². The van der Waals surface area contributed by atoms with E-state index in [4.69, 9.17) is 34.7 Å². The topological polar surface area (TPSA) is 191 Å². The highest BCUT2D eigenvalue weighted by Gasteiger charge is 2.26. The van der Waals surface area contributed by atoms with Crippen molar-refractivity contribution in [1.82, 2.24) is 4.72 Å². The van der Waals surface area contributed by atoms with Crippen LogP contribution in [0.25, 0.3) is 0 Å². The summed E-state index contributed by atoms with van der Waals surface area (Å²) in [5.41, 5.74) is 10.7. The summed E-state index contributed by atoms with van der Waals surface area (Å²) in [4.78, 5) is 21.7. The van der Waals surface area contributed by atoms with Crippen LogP contribution >= 0.6 is 23.2 Å². The maximum Gasteiger partial charge on any atom is 0.322 e. The van der Waals surface area contributed by atoms with Crippen molar-refractivity contribution in [3.05, 3.63) is 56.1 Å². The molecule has 0 aliphatic rings. The molecule has 1 atom stereocenters. The van der Waals surface area contributed by atoms with Crippen molar-refractivity contribution in [2.24, 2.45) is 0 Å². The molecular formula is C15H15Cl2N5O6S. The van der Waals surface area contributed by atoms with E-state index in [1.165, 1.54) is 24.3 Å². The Labute approximate surface area is 174 Å². The number of carbonyl (C=O) groups is 1. The summed E-state index contributed by atoms with van der Waals surface area (Å²) in [6, 6.07) is 4.43. The molecule has 0 heterocycles. The summed E-state index contributed by atoms with van der Waals surface area (Å²) in [6.45, 7) is 0. The molecule has 156 valence electrons. The first-order valence-electron chi connectivity index (χ1n) is 7.70. The second-order valence-electron chi connectivity index (χ2n) is 5.82. The fourth-order valence-corrected chi connectivity index (χ4v) is 3.84. The van der Waals surface area contributed by atoms with Crippen LogP contribution in [0.3, 0.4) is 0 Å². The van der Waals surface area contributed by atoms with E-state index >= 15 is 0 Å². The Morgan fingerprint density at radius 3 is 2.31 bits per heavy atom. The number of rotatable bonds is 8. The molecule has 0 radical (unpaired) electrons. The lowest BCUT2D eigenvalue weighted by Crippen LogP contribution is -2.44. The van der Waals surface area contributed by atoms with E-state index in [9.17, 15) is 28.4 Å². The molecule has 0 saturated heterocycles. The molecular weight excluding hydrogens is 449 g/mol. The van der Waals surface area contributed by atoms with Crippen molar-refractivity contribution in [2.45, 2.75) is 12.5 Å². The molecule has 0 saturated carbocycles. The predicted octanol–water partition coefficient (Wildman–Crippen LogP) is 2.01. The van der Waals surface area contributed by atoms with Gasteiger partial charge in [-0.1, -0.05) is 29.3 Å². The van der Waals surface area contributed by atoms with Crippen molar-refractivity contribution in [3.63, 3.8) is 0 Å². The van der Waals surface area contributed by atoms with Gasteiger partial charge >= 0.3 is 5.97 Å². The number of benzene rings is 2. The fourth-order valence-electron chi connectivity index (χ4n) is 2.30. The number of nitrogens with one attached hydrogen (secondary N) is 2. The molecule has 2 aromatic rings. The zero-order valence-electron chi connectivity index (χ0n) is 14.4. The molecule has 14 heteroatoms. The van der Waals surface area contributed by atoms with E-state index in [2.05, 4.69) is 4.72 Å². The van der Waals surface area contributed by atoms with Gasteiger partial charge < -0.3 is 16.6 Å². The van der Waals surface area contributed by atoms with Crippen LogP contribution in [0, 0.1) is 10.1 Å². The number of hydrogen-bond donors (Lipinski definition) is 5. The Morgan fingerprint density at radius 1 is 1.21 bits per heavy atom. The van der Waals surface area contributed by atoms with Crippen LogP contribution < -0.4 is 20.9 Å². The third-order valence-corrected chi connectivity index (χ3v) is 5.38. The molecule has 0 fully saturated rings. The average molecular weight is 464 g/mol. The molecule has 7 N–H and O–H groups in total. The summed E-state index contributed by atoms with van der Waals surface area (Å²) in [5, 5.41) is 20.3. The number of nitro benzene ring substituents is 1. The molecule has 0 spiro atoms. The fraction of sp³-hybridized carbons (Fsp3) is 0.133. The highest BCUT2D eigenvalue weighted by Crippen LogP contribution is 2.31. The first-order chi connectivity index (χ1) is 13.4. The first-order valence-corrected chi connectivity index (χ1v) is 9.93. The number of nitrogen functional groups attached to an aromatic ring is 2. The van der Waals surface area contributed by atoms with Crippen LogP contribution in [0.1, 0.15) is 5.56 Å². The quantitative estimate of drug-likeness (QED) is 0.223. The second-order valence-corrected chi connectivity index (χ2v) is 8.08. The first kappa shape index (κ1) is 22.5. The summed E-state index contributed by atoms with van der Waals surface area (Å²) in [6.07, 6.45) is -0.374. The molecule has 0 aromatic heterocycles. The van der Waals surface area contributed by atoms with E-state index in [0.29, 0.717) is 0 Å².